The highest BCUT2D eigenvalue weighted by Crippen LogP contribution is 2.25. The molecule has 0 saturated heterocycles. The Labute approximate surface area is 170 Å². The lowest BCUT2D eigenvalue weighted by atomic mass is 9.99. The predicted molar refractivity (Wildman–Crippen MR) is 111 cm³/mol. The van der Waals surface area contributed by atoms with Crippen molar-refractivity contribution >= 4 is 27.4 Å². The highest BCUT2D eigenvalue weighted by molar-refractivity contribution is 7.89. The lowest BCUT2D eigenvalue weighted by Gasteiger charge is -2.19. The summed E-state index contributed by atoms with van der Waals surface area (Å²) >= 11 is 6.09. The second-order valence-corrected chi connectivity index (χ2v) is 8.69. The number of Topliss-reactive ketones (excluding diaryl/α,β-unsaturated/α-hetero) is 1. The summed E-state index contributed by atoms with van der Waals surface area (Å²) in [6.45, 7) is 1.89. The molecule has 1 unspecified atom stereocenters. The molecule has 3 rings (SSSR count). The number of sulfonamides is 1. The summed E-state index contributed by atoms with van der Waals surface area (Å²) in [6, 6.07) is 21.5. The van der Waals surface area contributed by atoms with Crippen LogP contribution in [0, 0.1) is 6.92 Å². The zero-order chi connectivity index (χ0) is 20.1. The second kappa shape index (κ2) is 8.69. The maximum absolute atomic E-state index is 12.9. The Morgan fingerprint density at radius 1 is 0.964 bits per heavy atom. The summed E-state index contributed by atoms with van der Waals surface area (Å²) in [5.41, 5.74) is 2.13. The summed E-state index contributed by atoms with van der Waals surface area (Å²) in [7, 11) is -3.81. The van der Waals surface area contributed by atoms with Gasteiger partial charge in [0.1, 0.15) is 0 Å². The molecule has 0 amide bonds. The van der Waals surface area contributed by atoms with Crippen molar-refractivity contribution in [1.82, 2.24) is 4.72 Å². The molecule has 1 N–H and O–H groups in total. The van der Waals surface area contributed by atoms with Gasteiger partial charge in [0.25, 0.3) is 0 Å². The number of ketones is 1. The minimum absolute atomic E-state index is 0.0184. The lowest BCUT2D eigenvalue weighted by molar-refractivity contribution is 0.0972. The van der Waals surface area contributed by atoms with Crippen LogP contribution >= 0.6 is 11.6 Å². The Morgan fingerprint density at radius 2 is 1.64 bits per heavy atom. The van der Waals surface area contributed by atoms with Crippen LogP contribution in [-0.4, -0.2) is 14.2 Å². The molecule has 0 fully saturated rings. The molecule has 0 aliphatic heterocycles. The second-order valence-electron chi connectivity index (χ2n) is 6.54. The molecule has 6 heteroatoms. The standard InChI is InChI=1S/C22H20ClNO3S/c1-16-10-12-20(13-11-16)28(26,27)24-21(18-8-5-9-19(23)14-18)15-22(25)17-6-3-2-4-7-17/h2-14,21,24H,15H2,1H3. The van der Waals surface area contributed by atoms with Crippen LogP contribution in [0.1, 0.15) is 33.9 Å². The van der Waals surface area contributed by atoms with Gasteiger partial charge >= 0.3 is 0 Å². The van der Waals surface area contributed by atoms with Gasteiger partial charge in [-0.25, -0.2) is 13.1 Å². The van der Waals surface area contributed by atoms with Crippen LogP contribution in [0.25, 0.3) is 0 Å². The zero-order valence-electron chi connectivity index (χ0n) is 15.3. The Kier molecular flexibility index (Phi) is 6.29. The minimum Gasteiger partial charge on any atom is -0.294 e. The fraction of sp³-hybridized carbons (Fsp3) is 0.136. The first-order valence-electron chi connectivity index (χ1n) is 8.78. The molecule has 0 spiro atoms. The first-order chi connectivity index (χ1) is 13.3. The van der Waals surface area contributed by atoms with E-state index in [2.05, 4.69) is 4.72 Å². The third kappa shape index (κ3) is 5.07. The molecule has 0 bridgehead atoms. The van der Waals surface area contributed by atoms with Gasteiger partial charge in [-0.15, -0.1) is 0 Å². The monoisotopic (exact) mass is 413 g/mol. The van der Waals surface area contributed by atoms with Gasteiger partial charge in [0, 0.05) is 17.0 Å². The van der Waals surface area contributed by atoms with Gasteiger partial charge in [-0.1, -0.05) is 71.8 Å². The maximum atomic E-state index is 12.9. The number of rotatable bonds is 7. The third-order valence-electron chi connectivity index (χ3n) is 4.37. The highest BCUT2D eigenvalue weighted by atomic mass is 35.5. The Balaban J connectivity index is 1.92. The Hall–Kier alpha value is -2.47. The molecule has 3 aromatic rings. The molecule has 4 nitrogen and oxygen atoms in total. The van der Waals surface area contributed by atoms with E-state index in [0.29, 0.717) is 16.1 Å². The van der Waals surface area contributed by atoms with Crippen LogP contribution in [0.5, 0.6) is 0 Å². The normalized spacial score (nSPS) is 12.5. The Morgan fingerprint density at radius 3 is 2.29 bits per heavy atom. The fourth-order valence-corrected chi connectivity index (χ4v) is 4.27. The molecule has 0 aliphatic carbocycles. The van der Waals surface area contributed by atoms with Crippen LogP contribution in [0.15, 0.2) is 83.8 Å². The molecule has 144 valence electrons. The van der Waals surface area contributed by atoms with E-state index >= 15 is 0 Å². The first-order valence-corrected chi connectivity index (χ1v) is 10.6. The molecule has 1 atom stereocenters. The molecule has 0 heterocycles. The van der Waals surface area contributed by atoms with Gasteiger partial charge in [0.2, 0.25) is 10.0 Å². The average Bonchev–Trinajstić information content (AvgIpc) is 2.68. The van der Waals surface area contributed by atoms with Gasteiger partial charge in [0.15, 0.2) is 5.78 Å². The SMILES string of the molecule is Cc1ccc(S(=O)(=O)NC(CC(=O)c2ccccc2)c2cccc(Cl)c2)cc1. The number of benzene rings is 3. The lowest BCUT2D eigenvalue weighted by Crippen LogP contribution is -2.30. The average molecular weight is 414 g/mol. The van der Waals surface area contributed by atoms with Crippen molar-refractivity contribution < 1.29 is 13.2 Å². The largest absolute Gasteiger partial charge is 0.294 e. The molecule has 0 radical (unpaired) electrons. The summed E-state index contributed by atoms with van der Waals surface area (Å²) in [6.07, 6.45) is -0.0184. The van der Waals surface area contributed by atoms with Crippen LogP contribution in [0.3, 0.4) is 0 Å². The summed E-state index contributed by atoms with van der Waals surface area (Å²) in [4.78, 5) is 12.9. The molecule has 0 aliphatic rings. The summed E-state index contributed by atoms with van der Waals surface area (Å²) < 4.78 is 28.4. The van der Waals surface area contributed by atoms with E-state index in [1.165, 1.54) is 0 Å². The van der Waals surface area contributed by atoms with Gasteiger partial charge < -0.3 is 0 Å². The van der Waals surface area contributed by atoms with Crippen molar-refractivity contribution in [3.05, 3.63) is 101 Å². The number of aryl methyl sites for hydroxylation is 1. The number of hydrogen-bond acceptors (Lipinski definition) is 3. The van der Waals surface area contributed by atoms with Crippen LogP contribution in [0.2, 0.25) is 5.02 Å². The van der Waals surface area contributed by atoms with E-state index in [9.17, 15) is 13.2 Å². The number of carbonyl (C=O) groups is 1. The highest BCUT2D eigenvalue weighted by Gasteiger charge is 2.24. The van der Waals surface area contributed by atoms with E-state index < -0.39 is 16.1 Å². The third-order valence-corrected chi connectivity index (χ3v) is 6.09. The van der Waals surface area contributed by atoms with E-state index in [0.717, 1.165) is 5.56 Å². The molecular weight excluding hydrogens is 394 g/mol. The van der Waals surface area contributed by atoms with Crippen molar-refractivity contribution in [2.24, 2.45) is 0 Å². The van der Waals surface area contributed by atoms with Gasteiger partial charge in [-0.3, -0.25) is 4.79 Å². The molecular formula is C22H20ClNO3S. The Bertz CT molecular complexity index is 1060. The molecule has 0 saturated carbocycles. The van der Waals surface area contributed by atoms with Crippen LogP contribution in [-0.2, 0) is 10.0 Å². The fourth-order valence-electron chi connectivity index (χ4n) is 2.85. The van der Waals surface area contributed by atoms with Crippen molar-refractivity contribution in [2.45, 2.75) is 24.3 Å². The maximum Gasteiger partial charge on any atom is 0.241 e. The minimum atomic E-state index is -3.81. The van der Waals surface area contributed by atoms with Crippen molar-refractivity contribution in [3.8, 4) is 0 Å². The number of hydrogen-bond donors (Lipinski definition) is 1. The van der Waals surface area contributed by atoms with E-state index in [-0.39, 0.29) is 17.1 Å². The van der Waals surface area contributed by atoms with Crippen LogP contribution < -0.4 is 4.72 Å². The van der Waals surface area contributed by atoms with E-state index in [1.807, 2.05) is 13.0 Å². The van der Waals surface area contributed by atoms with Gasteiger partial charge in [-0.05, 0) is 36.8 Å². The smallest absolute Gasteiger partial charge is 0.241 e. The summed E-state index contributed by atoms with van der Waals surface area (Å²) in [5.74, 6) is -0.155. The van der Waals surface area contributed by atoms with Crippen molar-refractivity contribution in [3.63, 3.8) is 0 Å². The number of carbonyl (C=O) groups excluding carboxylic acids is 1. The van der Waals surface area contributed by atoms with Crippen molar-refractivity contribution in [1.29, 1.82) is 0 Å². The molecule has 28 heavy (non-hydrogen) atoms. The topological polar surface area (TPSA) is 63.2 Å². The van der Waals surface area contributed by atoms with Crippen LogP contribution in [0.4, 0.5) is 0 Å². The van der Waals surface area contributed by atoms with Gasteiger partial charge in [0.05, 0.1) is 10.9 Å². The summed E-state index contributed by atoms with van der Waals surface area (Å²) in [5, 5.41) is 0.476. The number of halogens is 1. The van der Waals surface area contributed by atoms with Crippen molar-refractivity contribution in [2.75, 3.05) is 0 Å². The number of nitrogens with one attached hydrogen (secondary N) is 1. The zero-order valence-corrected chi connectivity index (χ0v) is 16.9. The van der Waals surface area contributed by atoms with E-state index in [1.54, 1.807) is 72.8 Å². The first kappa shape index (κ1) is 20.3. The quantitative estimate of drug-likeness (QED) is 0.558. The molecule has 3 aromatic carbocycles. The van der Waals surface area contributed by atoms with Gasteiger partial charge in [-0.2, -0.15) is 0 Å². The molecule has 0 aromatic heterocycles. The van der Waals surface area contributed by atoms with E-state index in [4.69, 9.17) is 11.6 Å². The predicted octanol–water partition coefficient (Wildman–Crippen LogP) is 4.94.